The van der Waals surface area contributed by atoms with Crippen molar-refractivity contribution in [1.82, 2.24) is 4.98 Å². The monoisotopic (exact) mass is 271 g/mol. The van der Waals surface area contributed by atoms with Crippen molar-refractivity contribution in [3.05, 3.63) is 11.6 Å². The normalized spacial score (nSPS) is 38.0. The van der Waals surface area contributed by atoms with Crippen LogP contribution in [0.1, 0.15) is 56.5 Å². The Balaban J connectivity index is 1.48. The molecule has 2 N–H and O–H groups in total. The van der Waals surface area contributed by atoms with Crippen LogP contribution in [0.5, 0.6) is 0 Å². The van der Waals surface area contributed by atoms with Gasteiger partial charge in [-0.05, 0) is 68.1 Å². The van der Waals surface area contributed by atoms with E-state index >= 15 is 0 Å². The average Bonchev–Trinajstić information content (AvgIpc) is 2.75. The van der Waals surface area contributed by atoms with Gasteiger partial charge in [0, 0.05) is 6.42 Å². The van der Waals surface area contributed by atoms with Crippen LogP contribution in [0.3, 0.4) is 0 Å². The van der Waals surface area contributed by atoms with Crippen LogP contribution < -0.4 is 5.73 Å². The lowest BCUT2D eigenvalue weighted by Gasteiger charge is -2.57. The number of aryl methyl sites for hydroxylation is 1. The van der Waals surface area contributed by atoms with E-state index in [-0.39, 0.29) is 11.6 Å². The molecule has 4 saturated carbocycles. The fraction of sp³-hybridized carbons (Fsp3) is 0.750. The Bertz CT molecular complexity index is 533. The van der Waals surface area contributed by atoms with E-state index in [9.17, 15) is 0 Å². The first kappa shape index (κ1) is 12.3. The molecule has 0 spiro atoms. The van der Waals surface area contributed by atoms with Crippen molar-refractivity contribution >= 4 is 5.88 Å². The fourth-order valence-electron chi connectivity index (χ4n) is 5.53. The number of hydrogen-bond acceptors (Lipinski definition) is 4. The summed E-state index contributed by atoms with van der Waals surface area (Å²) in [6.45, 7) is 0. The summed E-state index contributed by atoms with van der Waals surface area (Å²) < 4.78 is 5.41. The van der Waals surface area contributed by atoms with Crippen molar-refractivity contribution in [1.29, 1.82) is 5.26 Å². The van der Waals surface area contributed by atoms with Crippen LogP contribution in [0.15, 0.2) is 4.42 Å². The number of oxazole rings is 1. The minimum atomic E-state index is 0.174. The quantitative estimate of drug-likeness (QED) is 0.915. The maximum absolute atomic E-state index is 8.88. The summed E-state index contributed by atoms with van der Waals surface area (Å²) >= 11 is 0. The molecule has 0 unspecified atom stereocenters. The second-order valence-corrected chi connectivity index (χ2v) is 7.35. The van der Waals surface area contributed by atoms with E-state index in [0.29, 0.717) is 11.3 Å². The highest BCUT2D eigenvalue weighted by molar-refractivity contribution is 5.40. The van der Waals surface area contributed by atoms with E-state index in [4.69, 9.17) is 15.4 Å². The molecular formula is C16H21N3O. The summed E-state index contributed by atoms with van der Waals surface area (Å²) in [5.74, 6) is 3.75. The van der Waals surface area contributed by atoms with Crippen molar-refractivity contribution in [3.8, 4) is 6.07 Å². The molecule has 0 radical (unpaired) electrons. The van der Waals surface area contributed by atoms with Crippen LogP contribution in [0.2, 0.25) is 0 Å². The number of nitrogens with two attached hydrogens (primary N) is 1. The smallest absolute Gasteiger partial charge is 0.229 e. The van der Waals surface area contributed by atoms with Crippen molar-refractivity contribution in [2.75, 3.05) is 5.73 Å². The molecule has 0 aromatic carbocycles. The summed E-state index contributed by atoms with van der Waals surface area (Å²) in [6.07, 6.45) is 10.6. The van der Waals surface area contributed by atoms with Gasteiger partial charge in [-0.15, -0.1) is 0 Å². The minimum Gasteiger partial charge on any atom is -0.424 e. The third-order valence-electron chi connectivity index (χ3n) is 5.84. The first-order valence-corrected chi connectivity index (χ1v) is 7.81. The first-order chi connectivity index (χ1) is 9.66. The van der Waals surface area contributed by atoms with Gasteiger partial charge >= 0.3 is 0 Å². The molecule has 0 aliphatic heterocycles. The van der Waals surface area contributed by atoms with Crippen LogP contribution in [-0.4, -0.2) is 4.98 Å². The average molecular weight is 271 g/mol. The number of nitriles is 1. The van der Waals surface area contributed by atoms with Gasteiger partial charge in [-0.1, -0.05) is 0 Å². The van der Waals surface area contributed by atoms with Gasteiger partial charge in [0.05, 0.1) is 0 Å². The number of rotatable bonds is 3. The molecule has 106 valence electrons. The molecule has 5 rings (SSSR count). The molecule has 1 aromatic heterocycles. The SMILES string of the molecule is N#Cc1nc(CCC23CC4CC(CC(C4)C2)C3)oc1N. The Morgan fingerprint density at radius 2 is 1.80 bits per heavy atom. The molecule has 20 heavy (non-hydrogen) atoms. The van der Waals surface area contributed by atoms with Gasteiger partial charge in [0.15, 0.2) is 5.89 Å². The zero-order valence-electron chi connectivity index (χ0n) is 11.8. The van der Waals surface area contributed by atoms with E-state index < -0.39 is 0 Å². The van der Waals surface area contributed by atoms with E-state index in [2.05, 4.69) is 4.98 Å². The maximum Gasteiger partial charge on any atom is 0.229 e. The highest BCUT2D eigenvalue weighted by atomic mass is 16.4. The predicted octanol–water partition coefficient (Wildman–Crippen LogP) is 3.28. The highest BCUT2D eigenvalue weighted by Crippen LogP contribution is 2.61. The van der Waals surface area contributed by atoms with Gasteiger partial charge in [0.1, 0.15) is 6.07 Å². The summed E-state index contributed by atoms with van der Waals surface area (Å²) in [7, 11) is 0. The van der Waals surface area contributed by atoms with Crippen molar-refractivity contribution in [3.63, 3.8) is 0 Å². The Hall–Kier alpha value is -1.50. The zero-order valence-corrected chi connectivity index (χ0v) is 11.8. The molecule has 0 atom stereocenters. The Kier molecular flexibility index (Phi) is 2.60. The molecule has 4 fully saturated rings. The molecule has 4 bridgehead atoms. The molecule has 1 aromatic rings. The van der Waals surface area contributed by atoms with Gasteiger partial charge in [0.2, 0.25) is 11.6 Å². The number of nitrogen functional groups attached to an aromatic ring is 1. The number of hydrogen-bond donors (Lipinski definition) is 1. The molecule has 4 heteroatoms. The molecule has 0 saturated heterocycles. The van der Waals surface area contributed by atoms with Gasteiger partial charge in [-0.25, -0.2) is 4.98 Å². The number of nitrogens with zero attached hydrogens (tertiary/aromatic N) is 2. The predicted molar refractivity (Wildman–Crippen MR) is 74.6 cm³/mol. The summed E-state index contributed by atoms with van der Waals surface area (Å²) in [4.78, 5) is 4.19. The van der Waals surface area contributed by atoms with Crippen LogP contribution in [0.4, 0.5) is 5.88 Å². The van der Waals surface area contributed by atoms with Crippen LogP contribution in [-0.2, 0) is 6.42 Å². The number of anilines is 1. The molecular weight excluding hydrogens is 250 g/mol. The Morgan fingerprint density at radius 3 is 2.30 bits per heavy atom. The van der Waals surface area contributed by atoms with Crippen LogP contribution in [0, 0.1) is 34.5 Å². The highest BCUT2D eigenvalue weighted by Gasteiger charge is 2.50. The third kappa shape index (κ3) is 1.91. The summed E-state index contributed by atoms with van der Waals surface area (Å²) in [6, 6.07) is 1.98. The van der Waals surface area contributed by atoms with Crippen molar-refractivity contribution in [2.24, 2.45) is 23.2 Å². The van der Waals surface area contributed by atoms with E-state index in [1.54, 1.807) is 0 Å². The van der Waals surface area contributed by atoms with E-state index in [1.165, 1.54) is 38.5 Å². The van der Waals surface area contributed by atoms with Gasteiger partial charge in [-0.3, -0.25) is 0 Å². The lowest BCUT2D eigenvalue weighted by atomic mass is 9.48. The molecule has 4 aliphatic carbocycles. The molecule has 1 heterocycles. The van der Waals surface area contributed by atoms with Crippen LogP contribution >= 0.6 is 0 Å². The lowest BCUT2D eigenvalue weighted by molar-refractivity contribution is -0.0576. The fourth-order valence-corrected chi connectivity index (χ4v) is 5.53. The summed E-state index contributed by atoms with van der Waals surface area (Å²) in [5, 5.41) is 8.88. The molecule has 4 aliphatic rings. The minimum absolute atomic E-state index is 0.174. The van der Waals surface area contributed by atoms with E-state index in [1.807, 2.05) is 6.07 Å². The van der Waals surface area contributed by atoms with Gasteiger partial charge in [-0.2, -0.15) is 5.26 Å². The first-order valence-electron chi connectivity index (χ1n) is 7.81. The largest absolute Gasteiger partial charge is 0.424 e. The molecule has 0 amide bonds. The van der Waals surface area contributed by atoms with Gasteiger partial charge < -0.3 is 10.2 Å². The van der Waals surface area contributed by atoms with E-state index in [0.717, 1.165) is 30.6 Å². The summed E-state index contributed by atoms with van der Waals surface area (Å²) in [5.41, 5.74) is 6.41. The number of aromatic nitrogens is 1. The third-order valence-corrected chi connectivity index (χ3v) is 5.84. The second-order valence-electron chi connectivity index (χ2n) is 7.35. The Labute approximate surface area is 119 Å². The Morgan fingerprint density at radius 1 is 1.20 bits per heavy atom. The standard InChI is InChI=1S/C16H21N3O/c17-9-13-15(18)20-14(19-13)1-2-16-6-10-3-11(7-16)5-12(4-10)8-16/h10-12H,1-8,18H2. The zero-order chi connectivity index (χ0) is 13.7. The van der Waals surface area contributed by atoms with Crippen LogP contribution in [0.25, 0.3) is 0 Å². The lowest BCUT2D eigenvalue weighted by Crippen LogP contribution is -2.46. The van der Waals surface area contributed by atoms with Gasteiger partial charge in [0.25, 0.3) is 0 Å². The topological polar surface area (TPSA) is 75.8 Å². The maximum atomic E-state index is 8.88. The molecule has 4 nitrogen and oxygen atoms in total. The second kappa shape index (κ2) is 4.25. The van der Waals surface area contributed by atoms with Crippen molar-refractivity contribution in [2.45, 2.75) is 51.4 Å². The van der Waals surface area contributed by atoms with Crippen molar-refractivity contribution < 1.29 is 4.42 Å².